The molecule has 4 heteroatoms. The zero-order valence-electron chi connectivity index (χ0n) is 8.43. The molecule has 0 bridgehead atoms. The third kappa shape index (κ3) is 1.73. The van der Waals surface area contributed by atoms with Gasteiger partial charge in [-0.3, -0.25) is 0 Å². The van der Waals surface area contributed by atoms with Crippen molar-refractivity contribution < 1.29 is 4.39 Å². The highest BCUT2D eigenvalue weighted by Gasteiger charge is 2.10. The molecule has 2 rings (SSSR count). The van der Waals surface area contributed by atoms with Gasteiger partial charge in [0.2, 0.25) is 0 Å². The van der Waals surface area contributed by atoms with Gasteiger partial charge >= 0.3 is 0 Å². The predicted molar refractivity (Wildman–Crippen MR) is 60.7 cm³/mol. The number of halogens is 2. The van der Waals surface area contributed by atoms with E-state index >= 15 is 0 Å². The number of hydrogen-bond donors (Lipinski definition) is 1. The molecule has 0 spiro atoms. The largest absolute Gasteiger partial charge is 0.342 e. The van der Waals surface area contributed by atoms with Crippen molar-refractivity contribution in [1.82, 2.24) is 4.57 Å². The highest BCUT2D eigenvalue weighted by Crippen LogP contribution is 2.27. The highest BCUT2D eigenvalue weighted by molar-refractivity contribution is 6.35. The molecule has 0 atom stereocenters. The number of nitrogens with two attached hydrogens (primary N) is 1. The topological polar surface area (TPSA) is 30.9 Å². The molecule has 0 aliphatic heterocycles. The Kier molecular flexibility index (Phi) is 2.67. The van der Waals surface area contributed by atoms with Crippen LogP contribution < -0.4 is 5.73 Å². The zero-order chi connectivity index (χ0) is 11.0. The molecule has 15 heavy (non-hydrogen) atoms. The van der Waals surface area contributed by atoms with Crippen LogP contribution in [-0.2, 0) is 6.54 Å². The Balaban J connectivity index is 2.75. The van der Waals surface area contributed by atoms with Crippen molar-refractivity contribution in [3.8, 4) is 0 Å². The molecule has 0 aliphatic carbocycles. The highest BCUT2D eigenvalue weighted by atomic mass is 35.5. The summed E-state index contributed by atoms with van der Waals surface area (Å²) in [6, 6.07) is 4.73. The van der Waals surface area contributed by atoms with E-state index in [4.69, 9.17) is 17.3 Å². The minimum Gasteiger partial charge on any atom is -0.342 e. The molecule has 0 unspecified atom stereocenters. The fourth-order valence-corrected chi connectivity index (χ4v) is 2.19. The van der Waals surface area contributed by atoms with E-state index in [2.05, 4.69) is 0 Å². The summed E-state index contributed by atoms with van der Waals surface area (Å²) in [5.74, 6) is -0.308. The number of aromatic nitrogens is 1. The van der Waals surface area contributed by atoms with Crippen molar-refractivity contribution in [2.24, 2.45) is 5.73 Å². The van der Waals surface area contributed by atoms with Gasteiger partial charge in [-0.25, -0.2) is 4.39 Å². The molecule has 80 valence electrons. The standard InChI is InChI=1S/C11H12ClFN2/c1-7-4-8-5-9(13)6-10(12)11(8)15(7)3-2-14/h4-6H,2-3,14H2,1H3. The second-order valence-corrected chi connectivity index (χ2v) is 3.96. The normalized spacial score (nSPS) is 11.2. The molecule has 0 aliphatic rings. The van der Waals surface area contributed by atoms with E-state index in [0.717, 1.165) is 16.6 Å². The van der Waals surface area contributed by atoms with Crippen LogP contribution in [0.25, 0.3) is 10.9 Å². The SMILES string of the molecule is Cc1cc2cc(F)cc(Cl)c2n1CCN. The molecule has 2 N–H and O–H groups in total. The van der Waals surface area contributed by atoms with Gasteiger partial charge in [0.15, 0.2) is 0 Å². The molecule has 2 nitrogen and oxygen atoms in total. The summed E-state index contributed by atoms with van der Waals surface area (Å²) in [6.07, 6.45) is 0. The van der Waals surface area contributed by atoms with Gasteiger partial charge in [0.1, 0.15) is 5.82 Å². The van der Waals surface area contributed by atoms with E-state index in [-0.39, 0.29) is 5.82 Å². The summed E-state index contributed by atoms with van der Waals surface area (Å²) in [5, 5.41) is 1.26. The lowest BCUT2D eigenvalue weighted by Crippen LogP contribution is -2.10. The van der Waals surface area contributed by atoms with Crippen LogP contribution in [0.3, 0.4) is 0 Å². The predicted octanol–water partition coefficient (Wildman–Crippen LogP) is 2.70. The van der Waals surface area contributed by atoms with Gasteiger partial charge < -0.3 is 10.3 Å². The number of aryl methyl sites for hydroxylation is 1. The smallest absolute Gasteiger partial charge is 0.125 e. The molecule has 0 amide bonds. The molecule has 1 aromatic carbocycles. The Morgan fingerprint density at radius 2 is 2.13 bits per heavy atom. The Morgan fingerprint density at radius 3 is 2.80 bits per heavy atom. The van der Waals surface area contributed by atoms with Crippen molar-refractivity contribution >= 4 is 22.5 Å². The van der Waals surface area contributed by atoms with Gasteiger partial charge in [-0.05, 0) is 25.1 Å². The van der Waals surface area contributed by atoms with E-state index in [1.807, 2.05) is 17.6 Å². The maximum atomic E-state index is 13.1. The quantitative estimate of drug-likeness (QED) is 0.839. The lowest BCUT2D eigenvalue weighted by Gasteiger charge is -2.07. The Labute approximate surface area is 92.4 Å². The molecule has 0 saturated carbocycles. The van der Waals surface area contributed by atoms with Crippen LogP contribution >= 0.6 is 11.6 Å². The van der Waals surface area contributed by atoms with Crippen LogP contribution in [0.15, 0.2) is 18.2 Å². The zero-order valence-corrected chi connectivity index (χ0v) is 9.18. The van der Waals surface area contributed by atoms with E-state index in [0.29, 0.717) is 18.1 Å². The molecule has 1 heterocycles. The third-order valence-corrected chi connectivity index (χ3v) is 2.76. The summed E-state index contributed by atoms with van der Waals surface area (Å²) < 4.78 is 15.1. The average molecular weight is 227 g/mol. The summed E-state index contributed by atoms with van der Waals surface area (Å²) in [5.41, 5.74) is 7.43. The van der Waals surface area contributed by atoms with Crippen molar-refractivity contribution in [3.63, 3.8) is 0 Å². The van der Waals surface area contributed by atoms with Gasteiger partial charge in [-0.15, -0.1) is 0 Å². The number of fused-ring (bicyclic) bond motifs is 1. The van der Waals surface area contributed by atoms with Crippen LogP contribution in [0.5, 0.6) is 0 Å². The van der Waals surface area contributed by atoms with E-state index < -0.39 is 0 Å². The fraction of sp³-hybridized carbons (Fsp3) is 0.273. The van der Waals surface area contributed by atoms with Crippen LogP contribution in [0.1, 0.15) is 5.69 Å². The first-order valence-corrected chi connectivity index (χ1v) is 5.16. The van der Waals surface area contributed by atoms with Crippen molar-refractivity contribution in [2.75, 3.05) is 6.54 Å². The van der Waals surface area contributed by atoms with Gasteiger partial charge in [-0.2, -0.15) is 0 Å². The van der Waals surface area contributed by atoms with Gasteiger partial charge in [-0.1, -0.05) is 11.6 Å². The first kappa shape index (κ1) is 10.5. The summed E-state index contributed by atoms with van der Waals surface area (Å²) >= 11 is 6.01. The molecule has 0 radical (unpaired) electrons. The minimum atomic E-state index is -0.308. The van der Waals surface area contributed by atoms with Gasteiger partial charge in [0, 0.05) is 24.2 Å². The van der Waals surface area contributed by atoms with Crippen LogP contribution in [-0.4, -0.2) is 11.1 Å². The van der Waals surface area contributed by atoms with Crippen LogP contribution in [0, 0.1) is 12.7 Å². The molecule has 0 fully saturated rings. The summed E-state index contributed by atoms with van der Waals surface area (Å²) in [6.45, 7) is 3.20. The van der Waals surface area contributed by atoms with Gasteiger partial charge in [0.05, 0.1) is 10.5 Å². The Bertz CT molecular complexity index is 505. The molecule has 0 saturated heterocycles. The van der Waals surface area contributed by atoms with Crippen molar-refractivity contribution in [1.29, 1.82) is 0 Å². The molecular weight excluding hydrogens is 215 g/mol. The van der Waals surface area contributed by atoms with E-state index in [9.17, 15) is 4.39 Å². The molecular formula is C11H12ClFN2. The first-order chi connectivity index (χ1) is 7.13. The van der Waals surface area contributed by atoms with Gasteiger partial charge in [0.25, 0.3) is 0 Å². The summed E-state index contributed by atoms with van der Waals surface area (Å²) in [4.78, 5) is 0. The van der Waals surface area contributed by atoms with E-state index in [1.165, 1.54) is 12.1 Å². The van der Waals surface area contributed by atoms with Crippen LogP contribution in [0.2, 0.25) is 5.02 Å². The summed E-state index contributed by atoms with van der Waals surface area (Å²) in [7, 11) is 0. The fourth-order valence-electron chi connectivity index (χ4n) is 1.88. The number of rotatable bonds is 2. The second kappa shape index (κ2) is 3.83. The first-order valence-electron chi connectivity index (χ1n) is 4.78. The van der Waals surface area contributed by atoms with E-state index in [1.54, 1.807) is 0 Å². The maximum absolute atomic E-state index is 13.1. The third-order valence-electron chi connectivity index (χ3n) is 2.47. The number of nitrogens with zero attached hydrogens (tertiary/aromatic N) is 1. The second-order valence-electron chi connectivity index (χ2n) is 3.55. The van der Waals surface area contributed by atoms with Crippen LogP contribution in [0.4, 0.5) is 4.39 Å². The average Bonchev–Trinajstić information content (AvgIpc) is 2.43. The van der Waals surface area contributed by atoms with Crippen molar-refractivity contribution in [3.05, 3.63) is 34.7 Å². The lowest BCUT2D eigenvalue weighted by molar-refractivity contribution is 0.629. The monoisotopic (exact) mass is 226 g/mol. The molecule has 1 aromatic heterocycles. The molecule has 2 aromatic rings. The Morgan fingerprint density at radius 1 is 1.40 bits per heavy atom. The lowest BCUT2D eigenvalue weighted by atomic mass is 10.2. The maximum Gasteiger partial charge on any atom is 0.125 e. The Hall–Kier alpha value is -1.06. The minimum absolute atomic E-state index is 0.308. The van der Waals surface area contributed by atoms with Crippen molar-refractivity contribution in [2.45, 2.75) is 13.5 Å². The number of hydrogen-bond acceptors (Lipinski definition) is 1. The number of benzene rings is 1.